The number of ether oxygens (including phenoxy) is 2. The average molecular weight is 456 g/mol. The van der Waals surface area contributed by atoms with Gasteiger partial charge in [0.1, 0.15) is 11.5 Å². The number of rotatable bonds is 3. The highest BCUT2D eigenvalue weighted by Crippen LogP contribution is 2.53. The maximum Gasteiger partial charge on any atom is 0.336 e. The van der Waals surface area contributed by atoms with Crippen molar-refractivity contribution in [2.75, 3.05) is 7.11 Å². The molecule has 33 heavy (non-hydrogen) atoms. The molecular formula is C26H21N3O3S. The van der Waals surface area contributed by atoms with E-state index in [2.05, 4.69) is 23.5 Å². The molecule has 0 bridgehead atoms. The van der Waals surface area contributed by atoms with E-state index in [1.54, 1.807) is 7.11 Å². The molecule has 1 amide bonds. The summed E-state index contributed by atoms with van der Waals surface area (Å²) in [5, 5.41) is 8.81. The van der Waals surface area contributed by atoms with Gasteiger partial charge in [-0.1, -0.05) is 60.7 Å². The van der Waals surface area contributed by atoms with Crippen LogP contribution >= 0.6 is 11.8 Å². The molecular weight excluding hydrogens is 434 g/mol. The third-order valence-corrected chi connectivity index (χ3v) is 7.17. The molecule has 0 aromatic heterocycles. The molecule has 3 aromatic carbocycles. The Hall–Kier alpha value is -3.71. The van der Waals surface area contributed by atoms with E-state index < -0.39 is 5.18 Å². The topological polar surface area (TPSA) is 63.2 Å². The SMILES string of the molecule is COc1ccc(/C=C2\S[C@@]3(NC2=O)Oc2ccccc2[C@@H]2CC(c4ccccc4)=NN23)cc1. The Bertz CT molecular complexity index is 1290. The molecule has 3 aliphatic rings. The maximum absolute atomic E-state index is 13.0. The number of methoxy groups -OCH3 is 1. The normalized spacial score (nSPS) is 24.2. The second-order valence-corrected chi connectivity index (χ2v) is 9.23. The molecule has 0 saturated carbocycles. The zero-order valence-electron chi connectivity index (χ0n) is 17.9. The summed E-state index contributed by atoms with van der Waals surface area (Å²) >= 11 is 1.35. The minimum Gasteiger partial charge on any atom is -0.497 e. The average Bonchev–Trinajstić information content (AvgIpc) is 3.43. The number of thioether (sulfide) groups is 1. The molecule has 1 saturated heterocycles. The summed E-state index contributed by atoms with van der Waals surface area (Å²) in [7, 11) is 1.63. The number of amides is 1. The second kappa shape index (κ2) is 7.71. The molecule has 3 heterocycles. The molecule has 6 nitrogen and oxygen atoms in total. The highest BCUT2D eigenvalue weighted by atomic mass is 32.2. The van der Waals surface area contributed by atoms with E-state index in [0.717, 1.165) is 40.3 Å². The highest BCUT2D eigenvalue weighted by Gasteiger charge is 2.57. The van der Waals surface area contributed by atoms with E-state index in [1.807, 2.05) is 71.7 Å². The molecule has 0 aliphatic carbocycles. The smallest absolute Gasteiger partial charge is 0.336 e. The quantitative estimate of drug-likeness (QED) is 0.578. The van der Waals surface area contributed by atoms with Crippen molar-refractivity contribution in [3.05, 3.63) is 100 Å². The van der Waals surface area contributed by atoms with Crippen LogP contribution in [-0.2, 0) is 4.79 Å². The van der Waals surface area contributed by atoms with Gasteiger partial charge in [0.2, 0.25) is 0 Å². The molecule has 0 radical (unpaired) electrons. The van der Waals surface area contributed by atoms with Crippen molar-refractivity contribution in [3.63, 3.8) is 0 Å². The first kappa shape index (κ1) is 19.9. The Morgan fingerprint density at radius 2 is 1.85 bits per heavy atom. The summed E-state index contributed by atoms with van der Waals surface area (Å²) in [6.07, 6.45) is 2.60. The van der Waals surface area contributed by atoms with Gasteiger partial charge in [-0.15, -0.1) is 0 Å². The largest absolute Gasteiger partial charge is 0.497 e. The van der Waals surface area contributed by atoms with Crippen LogP contribution in [0.4, 0.5) is 0 Å². The zero-order valence-corrected chi connectivity index (χ0v) is 18.7. The van der Waals surface area contributed by atoms with Gasteiger partial charge in [-0.2, -0.15) is 5.10 Å². The monoisotopic (exact) mass is 455 g/mol. The lowest BCUT2D eigenvalue weighted by Gasteiger charge is -2.43. The van der Waals surface area contributed by atoms with Gasteiger partial charge in [0, 0.05) is 12.0 Å². The molecule has 6 rings (SSSR count). The van der Waals surface area contributed by atoms with Crippen LogP contribution in [0.1, 0.15) is 29.2 Å². The van der Waals surface area contributed by atoms with E-state index in [9.17, 15) is 4.79 Å². The summed E-state index contributed by atoms with van der Waals surface area (Å²) in [4.78, 5) is 13.6. The molecule has 1 spiro atoms. The molecule has 1 fully saturated rings. The lowest BCUT2D eigenvalue weighted by molar-refractivity contribution is -0.127. The van der Waals surface area contributed by atoms with Crippen LogP contribution in [0.15, 0.2) is 88.9 Å². The lowest BCUT2D eigenvalue weighted by Crippen LogP contribution is -2.58. The first-order valence-electron chi connectivity index (χ1n) is 10.7. The molecule has 164 valence electrons. The Kier molecular flexibility index (Phi) is 4.66. The fourth-order valence-corrected chi connectivity index (χ4v) is 5.57. The van der Waals surface area contributed by atoms with Crippen molar-refractivity contribution < 1.29 is 14.3 Å². The van der Waals surface area contributed by atoms with Gasteiger partial charge in [-0.25, -0.2) is 5.01 Å². The predicted molar refractivity (Wildman–Crippen MR) is 129 cm³/mol. The Morgan fingerprint density at radius 3 is 2.64 bits per heavy atom. The number of hydrogen-bond acceptors (Lipinski definition) is 6. The highest BCUT2D eigenvalue weighted by molar-refractivity contribution is 8.05. The van der Waals surface area contributed by atoms with Crippen LogP contribution in [0.2, 0.25) is 0 Å². The third kappa shape index (κ3) is 3.36. The third-order valence-electron chi connectivity index (χ3n) is 6.00. The van der Waals surface area contributed by atoms with Crippen LogP contribution in [0.3, 0.4) is 0 Å². The number of carbonyl (C=O) groups is 1. The van der Waals surface area contributed by atoms with Gasteiger partial charge in [0.05, 0.1) is 23.8 Å². The van der Waals surface area contributed by atoms with E-state index in [4.69, 9.17) is 14.6 Å². The van der Waals surface area contributed by atoms with Gasteiger partial charge < -0.3 is 9.47 Å². The van der Waals surface area contributed by atoms with Crippen molar-refractivity contribution >= 4 is 29.5 Å². The van der Waals surface area contributed by atoms with Crippen LogP contribution in [-0.4, -0.2) is 28.9 Å². The van der Waals surface area contributed by atoms with E-state index in [0.29, 0.717) is 4.91 Å². The number of benzene rings is 3. The number of para-hydroxylation sites is 1. The van der Waals surface area contributed by atoms with Gasteiger partial charge in [-0.05, 0) is 47.2 Å². The van der Waals surface area contributed by atoms with E-state index in [-0.39, 0.29) is 11.9 Å². The zero-order chi connectivity index (χ0) is 22.4. The summed E-state index contributed by atoms with van der Waals surface area (Å²) in [5.41, 5.74) is 4.03. The van der Waals surface area contributed by atoms with Gasteiger partial charge in [0.25, 0.3) is 5.91 Å². The first-order chi connectivity index (χ1) is 16.1. The van der Waals surface area contributed by atoms with E-state index in [1.165, 1.54) is 11.8 Å². The summed E-state index contributed by atoms with van der Waals surface area (Å²) in [6.45, 7) is 0. The van der Waals surface area contributed by atoms with Crippen LogP contribution < -0.4 is 14.8 Å². The molecule has 3 aromatic rings. The molecule has 7 heteroatoms. The number of fused-ring (bicyclic) bond motifs is 4. The fourth-order valence-electron chi connectivity index (χ4n) is 4.40. The Morgan fingerprint density at radius 1 is 1.09 bits per heavy atom. The number of hydrogen-bond donors (Lipinski definition) is 1. The van der Waals surface area contributed by atoms with Crippen molar-refractivity contribution in [3.8, 4) is 11.5 Å². The lowest BCUT2D eigenvalue weighted by atomic mass is 9.97. The summed E-state index contributed by atoms with van der Waals surface area (Å²) in [5.74, 6) is 1.35. The number of hydrazone groups is 1. The Balaban J connectivity index is 1.40. The first-order valence-corrected chi connectivity index (χ1v) is 11.5. The standard InChI is InChI=1S/C26H21N3O3S/c1-31-19-13-11-17(12-14-19)15-24-25(30)27-26(33-24)29-22(20-9-5-6-10-23(20)32-26)16-21(28-29)18-7-3-2-4-8-18/h2-15,22H,16H2,1H3,(H,27,30)/b24-15-/t22-,26+/m0/s1. The van der Waals surface area contributed by atoms with Crippen LogP contribution in [0.25, 0.3) is 6.08 Å². The van der Waals surface area contributed by atoms with Crippen molar-refractivity contribution in [2.45, 2.75) is 17.6 Å². The second-order valence-electron chi connectivity index (χ2n) is 8.04. The summed E-state index contributed by atoms with van der Waals surface area (Å²) < 4.78 is 11.7. The Labute approximate surface area is 195 Å². The van der Waals surface area contributed by atoms with E-state index >= 15 is 0 Å². The number of carbonyl (C=O) groups excluding carboxylic acids is 1. The number of nitrogens with zero attached hydrogens (tertiary/aromatic N) is 2. The molecule has 1 N–H and O–H groups in total. The van der Waals surface area contributed by atoms with Crippen molar-refractivity contribution in [2.24, 2.45) is 5.10 Å². The minimum atomic E-state index is -1.13. The van der Waals surface area contributed by atoms with Crippen molar-refractivity contribution in [1.29, 1.82) is 0 Å². The van der Waals surface area contributed by atoms with Gasteiger partial charge >= 0.3 is 5.18 Å². The van der Waals surface area contributed by atoms with Gasteiger partial charge in [-0.3, -0.25) is 10.1 Å². The maximum atomic E-state index is 13.0. The van der Waals surface area contributed by atoms with Crippen LogP contribution in [0.5, 0.6) is 11.5 Å². The molecule has 2 atom stereocenters. The molecule has 3 aliphatic heterocycles. The van der Waals surface area contributed by atoms with Gasteiger partial charge in [0.15, 0.2) is 0 Å². The van der Waals surface area contributed by atoms with Crippen LogP contribution in [0, 0.1) is 0 Å². The van der Waals surface area contributed by atoms with Crippen molar-refractivity contribution in [1.82, 2.24) is 10.3 Å². The predicted octanol–water partition coefficient (Wildman–Crippen LogP) is 4.75. The fraction of sp³-hybridized carbons (Fsp3) is 0.154. The minimum absolute atomic E-state index is 0.0294. The molecule has 0 unspecified atom stereocenters. The number of nitrogens with one attached hydrogen (secondary N) is 1. The summed E-state index contributed by atoms with van der Waals surface area (Å²) in [6, 6.07) is 25.7.